The number of hydrogen-bond donors (Lipinski definition) is 0. The first-order valence-corrected chi connectivity index (χ1v) is 9.54. The molecule has 2 aromatic heterocycles. The number of hydrogen-bond acceptors (Lipinski definition) is 6. The van der Waals surface area contributed by atoms with Gasteiger partial charge in [0.2, 0.25) is 0 Å². The second-order valence-corrected chi connectivity index (χ2v) is 6.99. The SMILES string of the molecule is Cc1ccncc1C(=O)N1CCCCC1c1noc(COc2ccc(F)cc2)n1. The van der Waals surface area contributed by atoms with Crippen LogP contribution in [-0.2, 0) is 6.61 Å². The van der Waals surface area contributed by atoms with E-state index in [0.29, 0.717) is 29.6 Å². The van der Waals surface area contributed by atoms with E-state index in [1.165, 1.54) is 24.3 Å². The van der Waals surface area contributed by atoms with E-state index in [0.717, 1.165) is 24.8 Å². The maximum atomic E-state index is 13.1. The third kappa shape index (κ3) is 4.26. The van der Waals surface area contributed by atoms with Gasteiger partial charge in [-0.05, 0) is 62.1 Å². The number of aryl methyl sites for hydroxylation is 1. The fourth-order valence-electron chi connectivity index (χ4n) is 3.42. The molecule has 1 atom stereocenters. The molecule has 3 heterocycles. The minimum absolute atomic E-state index is 0.0704. The van der Waals surface area contributed by atoms with Gasteiger partial charge in [0.15, 0.2) is 12.4 Å². The molecule has 1 aromatic carbocycles. The zero-order valence-electron chi connectivity index (χ0n) is 16.0. The lowest BCUT2D eigenvalue weighted by Crippen LogP contribution is -2.39. The van der Waals surface area contributed by atoms with Crippen molar-refractivity contribution >= 4 is 5.91 Å². The molecule has 0 aliphatic carbocycles. The summed E-state index contributed by atoms with van der Waals surface area (Å²) >= 11 is 0. The van der Waals surface area contributed by atoms with Crippen LogP contribution in [0.5, 0.6) is 5.75 Å². The lowest BCUT2D eigenvalue weighted by atomic mass is 9.99. The Hall–Kier alpha value is -3.29. The minimum Gasteiger partial charge on any atom is -0.484 e. The van der Waals surface area contributed by atoms with Gasteiger partial charge in [0, 0.05) is 18.9 Å². The maximum Gasteiger partial charge on any atom is 0.264 e. The number of benzene rings is 1. The molecule has 0 N–H and O–H groups in total. The van der Waals surface area contributed by atoms with Crippen molar-refractivity contribution in [3.05, 3.63) is 71.4 Å². The third-order valence-electron chi connectivity index (χ3n) is 4.99. The number of pyridine rings is 1. The second-order valence-electron chi connectivity index (χ2n) is 6.99. The molecule has 1 saturated heterocycles. The molecule has 4 rings (SSSR count). The number of piperidine rings is 1. The van der Waals surface area contributed by atoms with Crippen LogP contribution in [0.1, 0.15) is 52.9 Å². The molecule has 1 amide bonds. The van der Waals surface area contributed by atoms with Crippen molar-refractivity contribution < 1.29 is 18.4 Å². The van der Waals surface area contributed by atoms with Crippen molar-refractivity contribution in [2.24, 2.45) is 0 Å². The summed E-state index contributed by atoms with van der Waals surface area (Å²) in [6, 6.07) is 7.28. The molecule has 0 saturated carbocycles. The molecule has 0 bridgehead atoms. The molecule has 0 radical (unpaired) electrons. The average molecular weight is 396 g/mol. The lowest BCUT2D eigenvalue weighted by molar-refractivity contribution is 0.0595. The van der Waals surface area contributed by atoms with Crippen LogP contribution in [-0.4, -0.2) is 32.5 Å². The van der Waals surface area contributed by atoms with Gasteiger partial charge in [0.25, 0.3) is 11.8 Å². The predicted molar refractivity (Wildman–Crippen MR) is 102 cm³/mol. The normalized spacial score (nSPS) is 16.6. The maximum absolute atomic E-state index is 13.1. The highest BCUT2D eigenvalue weighted by Gasteiger charge is 2.32. The highest BCUT2D eigenvalue weighted by atomic mass is 19.1. The van der Waals surface area contributed by atoms with Gasteiger partial charge in [0.1, 0.15) is 11.6 Å². The Morgan fingerprint density at radius 3 is 2.90 bits per heavy atom. The first kappa shape index (κ1) is 19.0. The quantitative estimate of drug-likeness (QED) is 0.651. The first-order chi connectivity index (χ1) is 14.1. The molecule has 3 aromatic rings. The van der Waals surface area contributed by atoms with E-state index in [2.05, 4.69) is 15.1 Å². The van der Waals surface area contributed by atoms with Gasteiger partial charge in [-0.15, -0.1) is 0 Å². The molecule has 0 spiro atoms. The summed E-state index contributed by atoms with van der Waals surface area (Å²) in [6.45, 7) is 2.60. The molecule has 29 heavy (non-hydrogen) atoms. The fraction of sp³-hybridized carbons (Fsp3) is 0.333. The van der Waals surface area contributed by atoms with Gasteiger partial charge in [0.05, 0.1) is 11.6 Å². The van der Waals surface area contributed by atoms with Crippen LogP contribution < -0.4 is 4.74 Å². The van der Waals surface area contributed by atoms with E-state index >= 15 is 0 Å². The van der Waals surface area contributed by atoms with Crippen LogP contribution >= 0.6 is 0 Å². The summed E-state index contributed by atoms with van der Waals surface area (Å²) < 4.78 is 23.8. The van der Waals surface area contributed by atoms with Gasteiger partial charge in [-0.2, -0.15) is 4.98 Å². The number of amides is 1. The number of aromatic nitrogens is 3. The molecule has 1 aliphatic rings. The number of nitrogens with zero attached hydrogens (tertiary/aromatic N) is 4. The van der Waals surface area contributed by atoms with Crippen LogP contribution in [0.15, 0.2) is 47.2 Å². The second kappa shape index (κ2) is 8.38. The Labute approximate surface area is 167 Å². The van der Waals surface area contributed by atoms with Gasteiger partial charge in [-0.25, -0.2) is 4.39 Å². The van der Waals surface area contributed by atoms with Crippen molar-refractivity contribution in [2.45, 2.75) is 38.8 Å². The highest BCUT2D eigenvalue weighted by Crippen LogP contribution is 2.31. The number of likely N-dealkylation sites (tertiary alicyclic amines) is 1. The molecule has 1 aliphatic heterocycles. The molecular weight excluding hydrogens is 375 g/mol. The Morgan fingerprint density at radius 1 is 1.28 bits per heavy atom. The van der Waals surface area contributed by atoms with Crippen molar-refractivity contribution in [1.29, 1.82) is 0 Å². The number of carbonyl (C=O) groups excluding carboxylic acids is 1. The van der Waals surface area contributed by atoms with Crippen molar-refractivity contribution in [3.8, 4) is 5.75 Å². The molecule has 1 unspecified atom stereocenters. The van der Waals surface area contributed by atoms with Crippen molar-refractivity contribution in [3.63, 3.8) is 0 Å². The van der Waals surface area contributed by atoms with E-state index in [1.54, 1.807) is 17.3 Å². The largest absolute Gasteiger partial charge is 0.484 e. The lowest BCUT2D eigenvalue weighted by Gasteiger charge is -2.34. The van der Waals surface area contributed by atoms with E-state index in [1.807, 2.05) is 13.0 Å². The number of ether oxygens (including phenoxy) is 1. The van der Waals surface area contributed by atoms with Crippen molar-refractivity contribution in [2.75, 3.05) is 6.54 Å². The van der Waals surface area contributed by atoms with E-state index in [4.69, 9.17) is 9.26 Å². The molecule has 150 valence electrons. The summed E-state index contributed by atoms with van der Waals surface area (Å²) in [4.78, 5) is 23.4. The van der Waals surface area contributed by atoms with Crippen LogP contribution in [0.3, 0.4) is 0 Å². The molecule has 1 fully saturated rings. The van der Waals surface area contributed by atoms with Gasteiger partial charge < -0.3 is 14.2 Å². The number of halogens is 1. The standard InChI is InChI=1S/C21H21FN4O3/c1-14-9-10-23-12-17(14)21(27)26-11-3-2-4-18(26)20-24-19(29-25-20)13-28-16-7-5-15(22)6-8-16/h5-10,12,18H,2-4,11,13H2,1H3. The predicted octanol–water partition coefficient (Wildman–Crippen LogP) is 3.86. The number of carbonyl (C=O) groups is 1. The molecule has 8 heteroatoms. The topological polar surface area (TPSA) is 81.4 Å². The van der Waals surface area contributed by atoms with Gasteiger partial charge in [-0.1, -0.05) is 5.16 Å². The zero-order chi connectivity index (χ0) is 20.2. The Bertz CT molecular complexity index is 990. The third-order valence-corrected chi connectivity index (χ3v) is 4.99. The summed E-state index contributed by atoms with van der Waals surface area (Å²) in [7, 11) is 0. The highest BCUT2D eigenvalue weighted by molar-refractivity contribution is 5.95. The molecule has 7 nitrogen and oxygen atoms in total. The fourth-order valence-corrected chi connectivity index (χ4v) is 3.42. The summed E-state index contributed by atoms with van der Waals surface area (Å²) in [5.74, 6) is 0.877. The van der Waals surface area contributed by atoms with Gasteiger partial charge >= 0.3 is 0 Å². The van der Waals surface area contributed by atoms with Crippen LogP contribution in [0.4, 0.5) is 4.39 Å². The Balaban J connectivity index is 1.48. The van der Waals surface area contributed by atoms with Crippen molar-refractivity contribution in [1.82, 2.24) is 20.0 Å². The number of rotatable bonds is 5. The Morgan fingerprint density at radius 2 is 2.10 bits per heavy atom. The minimum atomic E-state index is -0.330. The Kier molecular flexibility index (Phi) is 5.50. The zero-order valence-corrected chi connectivity index (χ0v) is 16.0. The smallest absolute Gasteiger partial charge is 0.264 e. The molecular formula is C21H21FN4O3. The summed E-state index contributed by atoms with van der Waals surface area (Å²) in [5, 5.41) is 4.08. The average Bonchev–Trinajstić information content (AvgIpc) is 3.22. The first-order valence-electron chi connectivity index (χ1n) is 9.54. The van der Waals surface area contributed by atoms with E-state index < -0.39 is 0 Å². The van der Waals surface area contributed by atoms with Gasteiger partial charge in [-0.3, -0.25) is 9.78 Å². The van der Waals surface area contributed by atoms with Crippen LogP contribution in [0, 0.1) is 12.7 Å². The van der Waals surface area contributed by atoms with E-state index in [-0.39, 0.29) is 24.4 Å². The summed E-state index contributed by atoms with van der Waals surface area (Å²) in [5.41, 5.74) is 1.47. The monoisotopic (exact) mass is 396 g/mol. The van der Waals surface area contributed by atoms with E-state index in [9.17, 15) is 9.18 Å². The van der Waals surface area contributed by atoms with Crippen LogP contribution in [0.25, 0.3) is 0 Å². The summed E-state index contributed by atoms with van der Waals surface area (Å²) in [6.07, 6.45) is 5.95. The van der Waals surface area contributed by atoms with Crippen LogP contribution in [0.2, 0.25) is 0 Å².